The second-order valence-electron chi connectivity index (χ2n) is 6.34. The molecule has 0 saturated heterocycles. The molecule has 0 bridgehead atoms. The molecule has 0 aliphatic heterocycles. The summed E-state index contributed by atoms with van der Waals surface area (Å²) in [7, 11) is 5.01. The Labute approximate surface area is 156 Å². The fourth-order valence-corrected chi connectivity index (χ4v) is 3.06. The number of hydrogen-bond donors (Lipinski definition) is 1. The zero-order valence-electron chi connectivity index (χ0n) is 15.2. The SMILES string of the molecule is COc1cc(OC)cc(OCCCN(C)C(=O)C2(N)CCCC2)c1.Cl. The molecule has 7 heteroatoms. The van der Waals surface area contributed by atoms with Gasteiger partial charge in [-0.15, -0.1) is 12.4 Å². The number of carbonyl (C=O) groups excluding carboxylic acids is 1. The molecule has 0 unspecified atom stereocenters. The number of rotatable bonds is 8. The van der Waals surface area contributed by atoms with Crippen LogP contribution < -0.4 is 19.9 Å². The van der Waals surface area contributed by atoms with Crippen LogP contribution in [0.25, 0.3) is 0 Å². The summed E-state index contributed by atoms with van der Waals surface area (Å²) in [5.74, 6) is 2.10. The molecular formula is C18H29ClN2O4. The van der Waals surface area contributed by atoms with Crippen molar-refractivity contribution in [3.05, 3.63) is 18.2 Å². The van der Waals surface area contributed by atoms with Gasteiger partial charge in [-0.2, -0.15) is 0 Å². The molecule has 1 aromatic carbocycles. The van der Waals surface area contributed by atoms with Crippen molar-refractivity contribution in [1.82, 2.24) is 4.90 Å². The zero-order valence-corrected chi connectivity index (χ0v) is 16.1. The number of nitrogens with two attached hydrogens (primary N) is 1. The number of methoxy groups -OCH3 is 2. The average Bonchev–Trinajstić information content (AvgIpc) is 3.05. The van der Waals surface area contributed by atoms with E-state index < -0.39 is 5.54 Å². The van der Waals surface area contributed by atoms with Crippen LogP contribution in [0.15, 0.2) is 18.2 Å². The third-order valence-electron chi connectivity index (χ3n) is 4.50. The highest BCUT2D eigenvalue weighted by Crippen LogP contribution is 2.29. The van der Waals surface area contributed by atoms with E-state index in [4.69, 9.17) is 19.9 Å². The summed E-state index contributed by atoms with van der Waals surface area (Å²) in [6, 6.07) is 5.41. The van der Waals surface area contributed by atoms with Crippen LogP contribution in [0, 0.1) is 0 Å². The molecule has 2 N–H and O–H groups in total. The molecule has 0 heterocycles. The van der Waals surface area contributed by atoms with E-state index in [2.05, 4.69) is 0 Å². The highest BCUT2D eigenvalue weighted by atomic mass is 35.5. The van der Waals surface area contributed by atoms with Gasteiger partial charge in [0.25, 0.3) is 0 Å². The number of benzene rings is 1. The lowest BCUT2D eigenvalue weighted by molar-refractivity contribution is -0.135. The fourth-order valence-electron chi connectivity index (χ4n) is 3.06. The Bertz CT molecular complexity index is 540. The molecule has 1 fully saturated rings. The van der Waals surface area contributed by atoms with Crippen molar-refractivity contribution in [1.29, 1.82) is 0 Å². The maximum absolute atomic E-state index is 12.4. The number of hydrogen-bond acceptors (Lipinski definition) is 5. The van der Waals surface area contributed by atoms with Crippen LogP contribution in [-0.2, 0) is 4.79 Å². The van der Waals surface area contributed by atoms with Gasteiger partial charge in [0.2, 0.25) is 5.91 Å². The van der Waals surface area contributed by atoms with Gasteiger partial charge in [0.05, 0.1) is 26.4 Å². The monoisotopic (exact) mass is 372 g/mol. The Morgan fingerprint density at radius 2 is 1.64 bits per heavy atom. The number of nitrogens with zero attached hydrogens (tertiary/aromatic N) is 1. The summed E-state index contributed by atoms with van der Waals surface area (Å²) in [5.41, 5.74) is 5.56. The van der Waals surface area contributed by atoms with Gasteiger partial charge in [-0.25, -0.2) is 0 Å². The van der Waals surface area contributed by atoms with Gasteiger partial charge in [-0.1, -0.05) is 12.8 Å². The van der Waals surface area contributed by atoms with Crippen molar-refractivity contribution < 1.29 is 19.0 Å². The number of amides is 1. The number of halogens is 1. The molecular weight excluding hydrogens is 344 g/mol. The van der Waals surface area contributed by atoms with E-state index in [1.54, 1.807) is 25.2 Å². The predicted molar refractivity (Wildman–Crippen MR) is 99.9 cm³/mol. The molecule has 6 nitrogen and oxygen atoms in total. The molecule has 1 aromatic rings. The summed E-state index contributed by atoms with van der Waals surface area (Å²) in [6.45, 7) is 1.13. The van der Waals surface area contributed by atoms with Crippen molar-refractivity contribution >= 4 is 18.3 Å². The lowest BCUT2D eigenvalue weighted by atomic mass is 9.97. The highest BCUT2D eigenvalue weighted by Gasteiger charge is 2.38. The topological polar surface area (TPSA) is 74.0 Å². The second kappa shape index (κ2) is 9.73. The number of carbonyl (C=O) groups is 1. The maximum Gasteiger partial charge on any atom is 0.242 e. The van der Waals surface area contributed by atoms with Crippen molar-refractivity contribution in [2.24, 2.45) is 5.73 Å². The van der Waals surface area contributed by atoms with E-state index in [9.17, 15) is 4.79 Å². The van der Waals surface area contributed by atoms with Crippen LogP contribution in [0.5, 0.6) is 17.2 Å². The van der Waals surface area contributed by atoms with Crippen molar-refractivity contribution in [2.75, 3.05) is 34.4 Å². The largest absolute Gasteiger partial charge is 0.496 e. The highest BCUT2D eigenvalue weighted by molar-refractivity contribution is 5.86. The normalized spacial score (nSPS) is 15.2. The Morgan fingerprint density at radius 3 is 2.16 bits per heavy atom. The van der Waals surface area contributed by atoms with Crippen LogP contribution in [0.1, 0.15) is 32.1 Å². The van der Waals surface area contributed by atoms with Gasteiger partial charge in [-0.3, -0.25) is 4.79 Å². The van der Waals surface area contributed by atoms with Crippen LogP contribution in [0.4, 0.5) is 0 Å². The van der Waals surface area contributed by atoms with Crippen LogP contribution in [0.2, 0.25) is 0 Å². The molecule has 0 aromatic heterocycles. The Kier molecular flexibility index (Phi) is 8.32. The van der Waals surface area contributed by atoms with Gasteiger partial charge in [0.15, 0.2) is 0 Å². The van der Waals surface area contributed by atoms with E-state index in [-0.39, 0.29) is 18.3 Å². The third kappa shape index (κ3) is 5.68. The first kappa shape index (κ1) is 21.4. The zero-order chi connectivity index (χ0) is 17.6. The third-order valence-corrected chi connectivity index (χ3v) is 4.50. The van der Waals surface area contributed by atoms with Gasteiger partial charge >= 0.3 is 0 Å². The van der Waals surface area contributed by atoms with Gasteiger partial charge < -0.3 is 24.8 Å². The lowest BCUT2D eigenvalue weighted by Gasteiger charge is -2.28. The number of likely N-dealkylation sites (N-methyl/N-ethyl adjacent to an activating group) is 1. The van der Waals surface area contributed by atoms with Gasteiger partial charge in [-0.05, 0) is 19.3 Å². The maximum atomic E-state index is 12.4. The molecule has 0 radical (unpaired) electrons. The first-order valence-electron chi connectivity index (χ1n) is 8.39. The minimum atomic E-state index is -0.657. The second-order valence-corrected chi connectivity index (χ2v) is 6.34. The lowest BCUT2D eigenvalue weighted by Crippen LogP contribution is -2.52. The summed E-state index contributed by atoms with van der Waals surface area (Å²) in [6.07, 6.45) is 4.39. The summed E-state index contributed by atoms with van der Waals surface area (Å²) in [5, 5.41) is 0. The molecule has 25 heavy (non-hydrogen) atoms. The first-order valence-corrected chi connectivity index (χ1v) is 8.39. The van der Waals surface area contributed by atoms with E-state index in [1.807, 2.05) is 19.2 Å². The average molecular weight is 373 g/mol. The van der Waals surface area contributed by atoms with Gasteiger partial charge in [0.1, 0.15) is 17.2 Å². The molecule has 1 saturated carbocycles. The Morgan fingerprint density at radius 1 is 1.12 bits per heavy atom. The van der Waals surface area contributed by atoms with E-state index in [0.717, 1.165) is 32.1 Å². The van der Waals surface area contributed by atoms with Crippen molar-refractivity contribution in [3.8, 4) is 17.2 Å². The molecule has 1 aliphatic carbocycles. The minimum Gasteiger partial charge on any atom is -0.496 e. The first-order chi connectivity index (χ1) is 11.5. The van der Waals surface area contributed by atoms with Crippen molar-refractivity contribution in [3.63, 3.8) is 0 Å². The standard InChI is InChI=1S/C18H28N2O4.ClH/c1-20(17(21)18(19)7-4-5-8-18)9-6-10-24-16-12-14(22-2)11-15(13-16)23-3;/h11-13H,4-10,19H2,1-3H3;1H. The van der Waals surface area contributed by atoms with E-state index in [0.29, 0.717) is 30.4 Å². The van der Waals surface area contributed by atoms with Crippen molar-refractivity contribution in [2.45, 2.75) is 37.6 Å². The van der Waals surface area contributed by atoms with Crippen LogP contribution >= 0.6 is 12.4 Å². The Hall–Kier alpha value is -1.66. The molecule has 142 valence electrons. The number of ether oxygens (including phenoxy) is 3. The van der Waals surface area contributed by atoms with E-state index in [1.165, 1.54) is 0 Å². The summed E-state index contributed by atoms with van der Waals surface area (Å²) < 4.78 is 16.2. The molecule has 1 amide bonds. The predicted octanol–water partition coefficient (Wildman–Crippen LogP) is 2.62. The minimum absolute atomic E-state index is 0. The van der Waals surface area contributed by atoms with Gasteiger partial charge in [0, 0.05) is 31.8 Å². The molecule has 1 aliphatic rings. The molecule has 0 atom stereocenters. The Balaban J connectivity index is 0.00000312. The smallest absolute Gasteiger partial charge is 0.242 e. The van der Waals surface area contributed by atoms with Crippen LogP contribution in [-0.4, -0.2) is 50.8 Å². The summed E-state index contributed by atoms with van der Waals surface area (Å²) in [4.78, 5) is 14.1. The quantitative estimate of drug-likeness (QED) is 0.710. The summed E-state index contributed by atoms with van der Waals surface area (Å²) >= 11 is 0. The molecule has 0 spiro atoms. The fraction of sp³-hybridized carbons (Fsp3) is 0.611. The molecule has 2 rings (SSSR count). The van der Waals surface area contributed by atoms with E-state index >= 15 is 0 Å². The van der Waals surface area contributed by atoms with Crippen LogP contribution in [0.3, 0.4) is 0 Å².